The Morgan fingerprint density at radius 2 is 1.57 bits per heavy atom. The summed E-state index contributed by atoms with van der Waals surface area (Å²) < 4.78 is 43.3. The predicted octanol–water partition coefficient (Wildman–Crippen LogP) is 5.90. The van der Waals surface area contributed by atoms with Gasteiger partial charge in [-0.15, -0.1) is 0 Å². The van der Waals surface area contributed by atoms with Gasteiger partial charge < -0.3 is 0 Å². The van der Waals surface area contributed by atoms with Crippen LogP contribution >= 0.6 is 11.6 Å². The van der Waals surface area contributed by atoms with Gasteiger partial charge in [0.1, 0.15) is 11.5 Å². The molecule has 0 spiro atoms. The Kier molecular flexibility index (Phi) is 7.72. The van der Waals surface area contributed by atoms with Gasteiger partial charge in [-0.1, -0.05) is 41.9 Å². The number of para-hydroxylation sites is 2. The zero-order chi connectivity index (χ0) is 28.1. The molecule has 0 aliphatic heterocycles. The zero-order valence-electron chi connectivity index (χ0n) is 20.7. The van der Waals surface area contributed by atoms with Crippen LogP contribution in [0.15, 0.2) is 119 Å². The molecule has 0 bridgehead atoms. The fourth-order valence-corrected chi connectivity index (χ4v) is 5.04. The second-order valence-corrected chi connectivity index (χ2v) is 10.6. The number of rotatable bonds is 8. The summed E-state index contributed by atoms with van der Waals surface area (Å²) in [6.07, 6.45) is 3.15. The quantitative estimate of drug-likeness (QED) is 0.178. The van der Waals surface area contributed by atoms with Crippen molar-refractivity contribution in [1.29, 1.82) is 0 Å². The van der Waals surface area contributed by atoms with Crippen LogP contribution in [0.2, 0.25) is 5.02 Å². The lowest BCUT2D eigenvalue weighted by molar-refractivity contribution is 0.0956. The van der Waals surface area contributed by atoms with Crippen molar-refractivity contribution in [2.24, 2.45) is 5.10 Å². The normalized spacial score (nSPS) is 11.4. The number of hydrogen-bond acceptors (Lipinski definition) is 5. The summed E-state index contributed by atoms with van der Waals surface area (Å²) in [6, 6.07) is 27.1. The molecule has 1 heterocycles. The molecule has 0 aliphatic carbocycles. The van der Waals surface area contributed by atoms with Crippen LogP contribution in [-0.2, 0) is 10.0 Å². The first-order valence-corrected chi connectivity index (χ1v) is 13.8. The molecule has 4 aromatic carbocycles. The average molecular weight is 574 g/mol. The third kappa shape index (κ3) is 6.09. The fourth-order valence-electron chi connectivity index (χ4n) is 3.84. The molecule has 0 atom stereocenters. The second kappa shape index (κ2) is 11.5. The lowest BCUT2D eigenvalue weighted by Crippen LogP contribution is -2.21. The van der Waals surface area contributed by atoms with E-state index in [-0.39, 0.29) is 22.0 Å². The van der Waals surface area contributed by atoms with E-state index >= 15 is 0 Å². The first kappa shape index (κ1) is 26.8. The van der Waals surface area contributed by atoms with Gasteiger partial charge in [0.05, 0.1) is 28.0 Å². The summed E-state index contributed by atoms with van der Waals surface area (Å²) in [4.78, 5) is 13.0. The monoisotopic (exact) mass is 573 g/mol. The molecule has 0 radical (unpaired) electrons. The van der Waals surface area contributed by atoms with Gasteiger partial charge in [-0.2, -0.15) is 10.2 Å². The van der Waals surface area contributed by atoms with Gasteiger partial charge in [0.25, 0.3) is 15.9 Å². The van der Waals surface area contributed by atoms with Crippen molar-refractivity contribution in [3.05, 3.63) is 131 Å². The molecule has 0 aliphatic rings. The number of anilines is 1. The molecular formula is C29H21ClFN5O3S. The lowest BCUT2D eigenvalue weighted by atomic mass is 10.1. The van der Waals surface area contributed by atoms with Gasteiger partial charge in [-0.3, -0.25) is 9.52 Å². The van der Waals surface area contributed by atoms with E-state index in [1.54, 1.807) is 35.1 Å². The Bertz CT molecular complexity index is 1790. The molecule has 11 heteroatoms. The van der Waals surface area contributed by atoms with Crippen molar-refractivity contribution < 1.29 is 17.6 Å². The highest BCUT2D eigenvalue weighted by Gasteiger charge is 2.19. The molecule has 0 saturated carbocycles. The molecule has 5 aromatic rings. The molecule has 0 fully saturated rings. The number of halogens is 2. The molecule has 1 aromatic heterocycles. The summed E-state index contributed by atoms with van der Waals surface area (Å²) in [7, 11) is -3.98. The van der Waals surface area contributed by atoms with Crippen molar-refractivity contribution >= 4 is 39.4 Å². The van der Waals surface area contributed by atoms with Gasteiger partial charge >= 0.3 is 0 Å². The zero-order valence-corrected chi connectivity index (χ0v) is 22.3. The second-order valence-electron chi connectivity index (χ2n) is 8.52. The molecular weight excluding hydrogens is 553 g/mol. The molecule has 5 rings (SSSR count). The van der Waals surface area contributed by atoms with Crippen LogP contribution in [0.4, 0.5) is 10.1 Å². The minimum atomic E-state index is -3.98. The first-order chi connectivity index (χ1) is 19.3. The van der Waals surface area contributed by atoms with E-state index < -0.39 is 15.9 Å². The maximum atomic E-state index is 13.5. The summed E-state index contributed by atoms with van der Waals surface area (Å²) in [6.45, 7) is 0. The van der Waals surface area contributed by atoms with Crippen LogP contribution in [0, 0.1) is 5.82 Å². The third-order valence-corrected chi connectivity index (χ3v) is 7.42. The Morgan fingerprint density at radius 3 is 2.30 bits per heavy atom. The van der Waals surface area contributed by atoms with Crippen LogP contribution in [0.25, 0.3) is 16.9 Å². The minimum Gasteiger partial charge on any atom is -0.279 e. The minimum absolute atomic E-state index is 0.00566. The van der Waals surface area contributed by atoms with Crippen LogP contribution < -0.4 is 10.1 Å². The molecule has 1 amide bonds. The Labute approximate surface area is 234 Å². The van der Waals surface area contributed by atoms with Gasteiger partial charge in [-0.05, 0) is 72.8 Å². The van der Waals surface area contributed by atoms with Crippen molar-refractivity contribution in [1.82, 2.24) is 15.2 Å². The number of nitrogens with one attached hydrogen (secondary N) is 2. The Morgan fingerprint density at radius 1 is 0.900 bits per heavy atom. The van der Waals surface area contributed by atoms with Gasteiger partial charge in [0.15, 0.2) is 0 Å². The molecule has 200 valence electrons. The Balaban J connectivity index is 1.39. The number of nitrogens with zero attached hydrogens (tertiary/aromatic N) is 3. The highest BCUT2D eigenvalue weighted by molar-refractivity contribution is 7.92. The molecule has 40 heavy (non-hydrogen) atoms. The standard InChI is InChI=1S/C29H21ClFN5O3S/c30-22-12-16-25(17-13-22)40(38,39)35-27-9-5-4-8-26(27)29(37)33-32-18-21-19-36(24-6-2-1-3-7-24)34-28(21)20-10-14-23(31)15-11-20/h1-19,35H,(H,33,37). The topological polar surface area (TPSA) is 105 Å². The van der Waals surface area contributed by atoms with Crippen LogP contribution in [0.5, 0.6) is 0 Å². The van der Waals surface area contributed by atoms with Gasteiger partial charge in [-0.25, -0.2) is 22.9 Å². The highest BCUT2D eigenvalue weighted by Crippen LogP contribution is 2.24. The number of benzene rings is 4. The third-order valence-electron chi connectivity index (χ3n) is 5.79. The van der Waals surface area contributed by atoms with E-state index in [0.717, 1.165) is 5.69 Å². The Hall–Kier alpha value is -4.80. The number of carbonyl (C=O) groups excluding carboxylic acids is 1. The maximum absolute atomic E-state index is 13.5. The first-order valence-electron chi connectivity index (χ1n) is 11.9. The molecule has 8 nitrogen and oxygen atoms in total. The number of aromatic nitrogens is 2. The molecule has 0 unspecified atom stereocenters. The van der Waals surface area contributed by atoms with Crippen LogP contribution in [-0.4, -0.2) is 30.3 Å². The van der Waals surface area contributed by atoms with E-state index in [9.17, 15) is 17.6 Å². The van der Waals surface area contributed by atoms with E-state index in [2.05, 4.69) is 20.3 Å². The van der Waals surface area contributed by atoms with Crippen LogP contribution in [0.3, 0.4) is 0 Å². The van der Waals surface area contributed by atoms with E-state index in [4.69, 9.17) is 11.6 Å². The summed E-state index contributed by atoms with van der Waals surface area (Å²) in [5, 5.41) is 9.12. The van der Waals surface area contributed by atoms with Gasteiger partial charge in [0.2, 0.25) is 0 Å². The van der Waals surface area contributed by atoms with Crippen molar-refractivity contribution in [3.63, 3.8) is 0 Å². The number of amides is 1. The number of sulfonamides is 1. The smallest absolute Gasteiger partial charge is 0.273 e. The summed E-state index contributed by atoms with van der Waals surface area (Å²) >= 11 is 5.86. The van der Waals surface area contributed by atoms with Crippen molar-refractivity contribution in [2.45, 2.75) is 4.90 Å². The summed E-state index contributed by atoms with van der Waals surface area (Å²) in [5.41, 5.74) is 5.13. The lowest BCUT2D eigenvalue weighted by Gasteiger charge is -2.11. The number of hydrazone groups is 1. The molecule has 0 saturated heterocycles. The van der Waals surface area contributed by atoms with E-state index in [1.165, 1.54) is 54.7 Å². The molecule has 2 N–H and O–H groups in total. The fraction of sp³-hybridized carbons (Fsp3) is 0. The maximum Gasteiger partial charge on any atom is 0.273 e. The van der Waals surface area contributed by atoms with Crippen LogP contribution in [0.1, 0.15) is 15.9 Å². The largest absolute Gasteiger partial charge is 0.279 e. The van der Waals surface area contributed by atoms with Crippen molar-refractivity contribution in [3.8, 4) is 16.9 Å². The number of carbonyl (C=O) groups is 1. The van der Waals surface area contributed by atoms with Gasteiger partial charge in [0, 0.05) is 22.3 Å². The van der Waals surface area contributed by atoms with Crippen molar-refractivity contribution in [2.75, 3.05) is 4.72 Å². The predicted molar refractivity (Wildman–Crippen MR) is 153 cm³/mol. The number of hydrogen-bond donors (Lipinski definition) is 2. The average Bonchev–Trinajstić information content (AvgIpc) is 3.38. The van der Waals surface area contributed by atoms with E-state index in [0.29, 0.717) is 21.8 Å². The SMILES string of the molecule is O=C(NN=Cc1cn(-c2ccccc2)nc1-c1ccc(F)cc1)c1ccccc1NS(=O)(=O)c1ccc(Cl)cc1. The highest BCUT2D eigenvalue weighted by atomic mass is 35.5. The van der Waals surface area contributed by atoms with E-state index in [1.807, 2.05) is 30.3 Å². The summed E-state index contributed by atoms with van der Waals surface area (Å²) in [5.74, 6) is -1.01.